The quantitative estimate of drug-likeness (QED) is 0.726. The van der Waals surface area contributed by atoms with Crippen LogP contribution >= 0.6 is 0 Å². The Morgan fingerprint density at radius 1 is 1.16 bits per heavy atom. The summed E-state index contributed by atoms with van der Waals surface area (Å²) in [6.07, 6.45) is 11.6. The van der Waals surface area contributed by atoms with Gasteiger partial charge >= 0.3 is 0 Å². The molecule has 0 N–H and O–H groups in total. The molecule has 1 nitrogen and oxygen atoms in total. The Bertz CT molecular complexity index is 461. The van der Waals surface area contributed by atoms with E-state index >= 15 is 0 Å². The van der Waals surface area contributed by atoms with E-state index in [0.717, 1.165) is 19.4 Å². The number of likely N-dealkylation sites (tertiary alicyclic amines) is 1. The average Bonchev–Trinajstić information content (AvgIpc) is 2.69. The number of nitrogens with zero attached hydrogens (tertiary/aromatic N) is 1. The van der Waals surface area contributed by atoms with Crippen LogP contribution in [0.1, 0.15) is 44.9 Å². The van der Waals surface area contributed by atoms with Crippen molar-refractivity contribution in [2.75, 3.05) is 13.1 Å². The van der Waals surface area contributed by atoms with Crippen LogP contribution < -0.4 is 0 Å². The van der Waals surface area contributed by atoms with E-state index in [2.05, 4.69) is 17.1 Å². The van der Waals surface area contributed by atoms with Gasteiger partial charge in [-0.15, -0.1) is 0 Å². The zero-order valence-electron chi connectivity index (χ0n) is 11.3. The second-order valence-electron chi connectivity index (χ2n) is 6.79. The van der Waals surface area contributed by atoms with E-state index < -0.39 is 11.3 Å². The zero-order valence-corrected chi connectivity index (χ0v) is 11.3. The van der Waals surface area contributed by atoms with Crippen molar-refractivity contribution in [3.63, 3.8) is 0 Å². The fraction of sp³-hybridized carbons (Fsp3) is 0.750. The van der Waals surface area contributed by atoms with Crippen molar-refractivity contribution in [1.82, 2.24) is 4.90 Å². The Hall–Kier alpha value is -0.860. The van der Waals surface area contributed by atoms with Gasteiger partial charge in [0.1, 0.15) is 0 Å². The number of rotatable bonds is 2. The van der Waals surface area contributed by atoms with Crippen molar-refractivity contribution >= 4 is 0 Å². The van der Waals surface area contributed by atoms with Gasteiger partial charge in [0, 0.05) is 25.2 Å². The summed E-state index contributed by atoms with van der Waals surface area (Å²) < 4.78 is 27.0. The number of hydrogen-bond acceptors (Lipinski definition) is 1. The minimum atomic E-state index is -2.39. The average molecular weight is 265 g/mol. The molecule has 19 heavy (non-hydrogen) atoms. The molecule has 1 heterocycles. The van der Waals surface area contributed by atoms with Crippen LogP contribution in [-0.4, -0.2) is 23.9 Å². The second-order valence-corrected chi connectivity index (χ2v) is 6.79. The molecule has 1 atom stereocenters. The first-order valence-electron chi connectivity index (χ1n) is 7.65. The van der Waals surface area contributed by atoms with E-state index in [1.54, 1.807) is 0 Å². The summed E-state index contributed by atoms with van der Waals surface area (Å²) in [5.41, 5.74) is 2.10. The summed E-state index contributed by atoms with van der Waals surface area (Å²) in [7, 11) is 0. The van der Waals surface area contributed by atoms with Crippen molar-refractivity contribution < 1.29 is 8.78 Å². The standard InChI is InChI=1S/C16H21F2N/c17-16(18)10-15(16)8-9-19(11-15)14-7-2-1-6-13(14)12-4-3-5-12/h6-7,12H,1-5,8-11H2. The molecular formula is C16H21F2N. The molecule has 1 spiro atoms. The van der Waals surface area contributed by atoms with Gasteiger partial charge in [0.2, 0.25) is 0 Å². The molecule has 0 aromatic rings. The van der Waals surface area contributed by atoms with Gasteiger partial charge in [-0.2, -0.15) is 0 Å². The molecule has 1 unspecified atom stereocenters. The first-order valence-corrected chi connectivity index (χ1v) is 7.65. The molecule has 1 saturated heterocycles. The lowest BCUT2D eigenvalue weighted by molar-refractivity contribution is 0.0675. The third-order valence-electron chi connectivity index (χ3n) is 5.62. The molecule has 0 radical (unpaired) electrons. The molecule has 4 aliphatic rings. The van der Waals surface area contributed by atoms with Crippen LogP contribution in [0.15, 0.2) is 23.4 Å². The minimum Gasteiger partial charge on any atom is -0.371 e. The molecule has 0 bridgehead atoms. The van der Waals surface area contributed by atoms with Crippen LogP contribution in [-0.2, 0) is 0 Å². The van der Waals surface area contributed by atoms with Gasteiger partial charge in [-0.1, -0.05) is 18.6 Å². The van der Waals surface area contributed by atoms with Crippen molar-refractivity contribution in [2.45, 2.75) is 50.9 Å². The molecule has 3 heteroatoms. The van der Waals surface area contributed by atoms with Crippen LogP contribution in [0.4, 0.5) is 8.78 Å². The zero-order chi connectivity index (χ0) is 13.1. The monoisotopic (exact) mass is 265 g/mol. The van der Waals surface area contributed by atoms with E-state index in [4.69, 9.17) is 0 Å². The third-order valence-corrected chi connectivity index (χ3v) is 5.62. The van der Waals surface area contributed by atoms with E-state index in [-0.39, 0.29) is 6.42 Å². The molecule has 3 aliphatic carbocycles. The van der Waals surface area contributed by atoms with Gasteiger partial charge in [-0.25, -0.2) is 8.78 Å². The second kappa shape index (κ2) is 3.83. The van der Waals surface area contributed by atoms with Gasteiger partial charge < -0.3 is 4.90 Å². The Morgan fingerprint density at radius 2 is 1.89 bits per heavy atom. The highest BCUT2D eigenvalue weighted by molar-refractivity contribution is 5.37. The third kappa shape index (κ3) is 1.70. The summed E-state index contributed by atoms with van der Waals surface area (Å²) in [5.74, 6) is -1.68. The Morgan fingerprint density at radius 3 is 2.47 bits per heavy atom. The van der Waals surface area contributed by atoms with Crippen molar-refractivity contribution in [3.05, 3.63) is 23.4 Å². The first-order chi connectivity index (χ1) is 9.11. The van der Waals surface area contributed by atoms with E-state index in [1.807, 2.05) is 0 Å². The predicted octanol–water partition coefficient (Wildman–Crippen LogP) is 4.12. The fourth-order valence-corrected chi connectivity index (χ4v) is 3.99. The molecular weight excluding hydrogens is 244 g/mol. The van der Waals surface area contributed by atoms with Gasteiger partial charge in [-0.05, 0) is 43.6 Å². The molecule has 0 aromatic heterocycles. The topological polar surface area (TPSA) is 3.24 Å². The van der Waals surface area contributed by atoms with Crippen molar-refractivity contribution in [1.29, 1.82) is 0 Å². The highest BCUT2D eigenvalue weighted by atomic mass is 19.3. The predicted molar refractivity (Wildman–Crippen MR) is 70.9 cm³/mol. The van der Waals surface area contributed by atoms with Crippen LogP contribution in [0, 0.1) is 11.3 Å². The molecule has 4 rings (SSSR count). The van der Waals surface area contributed by atoms with Gasteiger partial charge in [0.15, 0.2) is 0 Å². The van der Waals surface area contributed by atoms with Gasteiger partial charge in [-0.3, -0.25) is 0 Å². The van der Waals surface area contributed by atoms with Crippen LogP contribution in [0.25, 0.3) is 0 Å². The first kappa shape index (κ1) is 11.9. The maximum atomic E-state index is 13.5. The number of hydrogen-bond donors (Lipinski definition) is 0. The lowest BCUT2D eigenvalue weighted by atomic mass is 9.76. The molecule has 0 aromatic carbocycles. The minimum absolute atomic E-state index is 0.117. The highest BCUT2D eigenvalue weighted by Gasteiger charge is 2.72. The molecule has 2 saturated carbocycles. The summed E-state index contributed by atoms with van der Waals surface area (Å²) in [6.45, 7) is 1.40. The summed E-state index contributed by atoms with van der Waals surface area (Å²) in [4.78, 5) is 2.25. The van der Waals surface area contributed by atoms with Crippen molar-refractivity contribution in [2.24, 2.45) is 11.3 Å². The molecule has 1 aliphatic heterocycles. The Kier molecular flexibility index (Phi) is 2.40. The summed E-state index contributed by atoms with van der Waals surface area (Å²) in [5, 5.41) is 0. The van der Waals surface area contributed by atoms with Crippen LogP contribution in [0.5, 0.6) is 0 Å². The summed E-state index contributed by atoms with van der Waals surface area (Å²) in [6, 6.07) is 0. The number of halogens is 2. The maximum absolute atomic E-state index is 13.5. The maximum Gasteiger partial charge on any atom is 0.256 e. The normalized spacial score (nSPS) is 37.1. The van der Waals surface area contributed by atoms with E-state index in [1.165, 1.54) is 30.5 Å². The molecule has 104 valence electrons. The Labute approximate surface area is 113 Å². The van der Waals surface area contributed by atoms with Crippen LogP contribution in [0.3, 0.4) is 0 Å². The molecule has 0 amide bonds. The molecule has 3 fully saturated rings. The van der Waals surface area contributed by atoms with E-state index in [0.29, 0.717) is 18.9 Å². The lowest BCUT2D eigenvalue weighted by Gasteiger charge is -2.35. The highest BCUT2D eigenvalue weighted by Crippen LogP contribution is 2.65. The van der Waals surface area contributed by atoms with E-state index in [9.17, 15) is 8.78 Å². The van der Waals surface area contributed by atoms with Crippen LogP contribution in [0.2, 0.25) is 0 Å². The fourth-order valence-electron chi connectivity index (χ4n) is 3.99. The Balaban J connectivity index is 1.53. The van der Waals surface area contributed by atoms with Gasteiger partial charge in [0.25, 0.3) is 5.92 Å². The number of alkyl halides is 2. The summed E-state index contributed by atoms with van der Waals surface area (Å²) >= 11 is 0. The smallest absolute Gasteiger partial charge is 0.256 e. The van der Waals surface area contributed by atoms with Crippen molar-refractivity contribution in [3.8, 4) is 0 Å². The van der Waals surface area contributed by atoms with Gasteiger partial charge in [0.05, 0.1) is 5.41 Å². The lowest BCUT2D eigenvalue weighted by Crippen LogP contribution is -2.28. The largest absolute Gasteiger partial charge is 0.371 e. The SMILES string of the molecule is FC1(F)CC12CCN(C1=CCCC=C1C1CCC1)C2. The number of allylic oxidation sites excluding steroid dienone is 3.